The van der Waals surface area contributed by atoms with Gasteiger partial charge < -0.3 is 10.1 Å². The monoisotopic (exact) mass is 526 g/mol. The van der Waals surface area contributed by atoms with Crippen LogP contribution >= 0.6 is 11.6 Å². The lowest BCUT2D eigenvalue weighted by Gasteiger charge is -2.20. The number of sulfonamides is 1. The fourth-order valence-electron chi connectivity index (χ4n) is 3.27. The molecule has 0 radical (unpaired) electrons. The van der Waals surface area contributed by atoms with Crippen molar-refractivity contribution in [1.29, 1.82) is 0 Å². The van der Waals surface area contributed by atoms with Crippen LogP contribution < -0.4 is 14.8 Å². The average Bonchev–Trinajstić information content (AvgIpc) is 2.80. The van der Waals surface area contributed by atoms with Crippen LogP contribution in [0.4, 0.5) is 18.9 Å². The fourth-order valence-corrected chi connectivity index (χ4v) is 4.79. The highest BCUT2D eigenvalue weighted by atomic mass is 35.5. The van der Waals surface area contributed by atoms with E-state index in [4.69, 9.17) is 16.3 Å². The van der Waals surface area contributed by atoms with Crippen LogP contribution in [0.2, 0.25) is 5.02 Å². The zero-order chi connectivity index (χ0) is 25.6. The summed E-state index contributed by atoms with van der Waals surface area (Å²) in [5.41, 5.74) is -0.927. The fraction of sp³-hybridized carbons (Fsp3) is 0.208. The number of carbonyl (C=O) groups is 1. The van der Waals surface area contributed by atoms with Crippen molar-refractivity contribution in [3.8, 4) is 5.75 Å². The Bertz CT molecular complexity index is 1290. The van der Waals surface area contributed by atoms with Gasteiger partial charge in [0.05, 0.1) is 27.8 Å². The first kappa shape index (κ1) is 26.5. The standard InChI is InChI=1S/C24H22ClF3N2O4S/c1-2-34-22-13-12-17(15-19(22)25)35(32,33)30-21(14-16-8-4-3-5-9-16)23(31)29-20-11-7-6-10-18(20)24(26,27)28/h3-13,15,21,30H,2,14H2,1H3,(H,29,31)/t21-/m1/s1. The van der Waals surface area contributed by atoms with Crippen molar-refractivity contribution in [2.45, 2.75) is 30.5 Å². The Hall–Kier alpha value is -3.08. The van der Waals surface area contributed by atoms with Crippen LogP contribution in [0.3, 0.4) is 0 Å². The van der Waals surface area contributed by atoms with E-state index in [1.807, 2.05) is 0 Å². The highest BCUT2D eigenvalue weighted by Crippen LogP contribution is 2.34. The maximum absolute atomic E-state index is 13.4. The number of alkyl halides is 3. The molecule has 3 aromatic rings. The molecule has 35 heavy (non-hydrogen) atoms. The average molecular weight is 527 g/mol. The van der Waals surface area contributed by atoms with Crippen LogP contribution in [-0.4, -0.2) is 27.0 Å². The van der Waals surface area contributed by atoms with Crippen molar-refractivity contribution in [2.24, 2.45) is 0 Å². The molecule has 0 heterocycles. The van der Waals surface area contributed by atoms with Gasteiger partial charge in [0.25, 0.3) is 0 Å². The summed E-state index contributed by atoms with van der Waals surface area (Å²) < 4.78 is 73.9. The van der Waals surface area contributed by atoms with Gasteiger partial charge in [-0.05, 0) is 49.2 Å². The van der Waals surface area contributed by atoms with Crippen molar-refractivity contribution in [2.75, 3.05) is 11.9 Å². The van der Waals surface area contributed by atoms with Crippen LogP contribution in [0, 0.1) is 0 Å². The molecule has 0 bridgehead atoms. The Kier molecular flexibility index (Phi) is 8.42. The van der Waals surface area contributed by atoms with E-state index in [9.17, 15) is 26.4 Å². The predicted molar refractivity (Wildman–Crippen MR) is 127 cm³/mol. The first-order valence-corrected chi connectivity index (χ1v) is 12.3. The molecule has 186 valence electrons. The van der Waals surface area contributed by atoms with Crippen molar-refractivity contribution in [3.63, 3.8) is 0 Å². The Morgan fingerprint density at radius 2 is 1.69 bits per heavy atom. The lowest BCUT2D eigenvalue weighted by Crippen LogP contribution is -2.45. The third kappa shape index (κ3) is 6.97. The van der Waals surface area contributed by atoms with Gasteiger partial charge >= 0.3 is 6.18 Å². The second-order valence-corrected chi connectivity index (χ2v) is 9.54. The zero-order valence-corrected chi connectivity index (χ0v) is 20.0. The van der Waals surface area contributed by atoms with Gasteiger partial charge in [0.1, 0.15) is 11.8 Å². The smallest absolute Gasteiger partial charge is 0.418 e. The van der Waals surface area contributed by atoms with Crippen molar-refractivity contribution in [3.05, 3.63) is 88.9 Å². The van der Waals surface area contributed by atoms with E-state index < -0.39 is 39.4 Å². The van der Waals surface area contributed by atoms with Gasteiger partial charge in [-0.3, -0.25) is 4.79 Å². The summed E-state index contributed by atoms with van der Waals surface area (Å²) in [7, 11) is -4.28. The van der Waals surface area contributed by atoms with Gasteiger partial charge in [0, 0.05) is 0 Å². The van der Waals surface area contributed by atoms with Gasteiger partial charge in [0.2, 0.25) is 15.9 Å². The molecule has 0 unspecified atom stereocenters. The Labute approximate surface area is 206 Å². The zero-order valence-electron chi connectivity index (χ0n) is 18.5. The normalized spacial score (nSPS) is 12.7. The number of ether oxygens (including phenoxy) is 1. The highest BCUT2D eigenvalue weighted by Gasteiger charge is 2.34. The molecule has 3 aromatic carbocycles. The topological polar surface area (TPSA) is 84.5 Å². The van der Waals surface area contributed by atoms with Crippen LogP contribution in [0.25, 0.3) is 0 Å². The van der Waals surface area contributed by atoms with Crippen molar-refractivity contribution >= 4 is 33.2 Å². The van der Waals surface area contributed by atoms with Crippen molar-refractivity contribution in [1.82, 2.24) is 4.72 Å². The second kappa shape index (κ2) is 11.1. The Morgan fingerprint density at radius 1 is 1.03 bits per heavy atom. The minimum absolute atomic E-state index is 0.0536. The van der Waals surface area contributed by atoms with Crippen LogP contribution in [0.5, 0.6) is 5.75 Å². The quantitative estimate of drug-likeness (QED) is 0.397. The number of hydrogen-bond acceptors (Lipinski definition) is 4. The Balaban J connectivity index is 1.92. The molecule has 3 rings (SSSR count). The summed E-state index contributed by atoms with van der Waals surface area (Å²) in [5, 5.41) is 2.27. The molecule has 0 saturated carbocycles. The van der Waals surface area contributed by atoms with E-state index >= 15 is 0 Å². The number of para-hydroxylation sites is 1. The number of hydrogen-bond donors (Lipinski definition) is 2. The molecule has 0 spiro atoms. The molecule has 6 nitrogen and oxygen atoms in total. The molecule has 1 amide bonds. The van der Waals surface area contributed by atoms with Gasteiger partial charge in [-0.15, -0.1) is 0 Å². The molecular weight excluding hydrogens is 505 g/mol. The van der Waals surface area contributed by atoms with Gasteiger partial charge in [-0.25, -0.2) is 8.42 Å². The van der Waals surface area contributed by atoms with E-state index in [-0.39, 0.29) is 22.1 Å². The molecular formula is C24H22ClF3N2O4S. The molecule has 0 saturated heterocycles. The van der Waals surface area contributed by atoms with Gasteiger partial charge in [0.15, 0.2) is 0 Å². The first-order chi connectivity index (χ1) is 16.5. The number of rotatable bonds is 9. The lowest BCUT2D eigenvalue weighted by molar-refractivity contribution is -0.137. The predicted octanol–water partition coefficient (Wildman–Crippen LogP) is 5.29. The number of amides is 1. The van der Waals surface area contributed by atoms with E-state index in [1.54, 1.807) is 37.3 Å². The van der Waals surface area contributed by atoms with Crippen LogP contribution in [0.15, 0.2) is 77.7 Å². The van der Waals surface area contributed by atoms with E-state index in [0.717, 1.165) is 12.1 Å². The number of anilines is 1. The molecule has 11 heteroatoms. The molecule has 0 aliphatic rings. The summed E-state index contributed by atoms with van der Waals surface area (Å²) in [4.78, 5) is 12.8. The molecule has 0 fully saturated rings. The highest BCUT2D eigenvalue weighted by molar-refractivity contribution is 7.89. The van der Waals surface area contributed by atoms with Crippen LogP contribution in [-0.2, 0) is 27.4 Å². The van der Waals surface area contributed by atoms with Gasteiger partial charge in [-0.1, -0.05) is 54.1 Å². The first-order valence-electron chi connectivity index (χ1n) is 10.5. The Morgan fingerprint density at radius 3 is 2.31 bits per heavy atom. The molecule has 0 aromatic heterocycles. The third-order valence-corrected chi connectivity index (χ3v) is 6.67. The number of halogens is 4. The molecule has 1 atom stereocenters. The van der Waals surface area contributed by atoms with E-state index in [1.165, 1.54) is 30.3 Å². The molecule has 2 N–H and O–H groups in total. The van der Waals surface area contributed by atoms with Gasteiger partial charge in [-0.2, -0.15) is 17.9 Å². The number of carbonyl (C=O) groups excluding carboxylic acids is 1. The minimum atomic E-state index is -4.71. The maximum Gasteiger partial charge on any atom is 0.418 e. The summed E-state index contributed by atoms with van der Waals surface area (Å²) >= 11 is 6.11. The van der Waals surface area contributed by atoms with E-state index in [0.29, 0.717) is 12.2 Å². The SMILES string of the molecule is CCOc1ccc(S(=O)(=O)N[C@H](Cc2ccccc2)C(=O)Nc2ccccc2C(F)(F)F)cc1Cl. The summed E-state index contributed by atoms with van der Waals surface area (Å²) in [6, 6.07) is 15.3. The summed E-state index contributed by atoms with van der Waals surface area (Å²) in [5.74, 6) is -0.665. The maximum atomic E-state index is 13.4. The summed E-state index contributed by atoms with van der Waals surface area (Å²) in [6.45, 7) is 2.06. The largest absolute Gasteiger partial charge is 0.492 e. The van der Waals surface area contributed by atoms with E-state index in [2.05, 4.69) is 10.0 Å². The second-order valence-electron chi connectivity index (χ2n) is 7.42. The number of nitrogens with one attached hydrogen (secondary N) is 2. The molecule has 0 aliphatic heterocycles. The molecule has 0 aliphatic carbocycles. The third-order valence-electron chi connectivity index (χ3n) is 4.90. The van der Waals surface area contributed by atoms with Crippen LogP contribution in [0.1, 0.15) is 18.1 Å². The summed E-state index contributed by atoms with van der Waals surface area (Å²) in [6.07, 6.45) is -4.82. The van der Waals surface area contributed by atoms with Crippen molar-refractivity contribution < 1.29 is 31.1 Å². The number of benzene rings is 3. The minimum Gasteiger partial charge on any atom is -0.492 e. The lowest BCUT2D eigenvalue weighted by atomic mass is 10.1.